The molecule has 1 amide bonds. The van der Waals surface area contributed by atoms with Crippen molar-refractivity contribution in [1.82, 2.24) is 5.32 Å². The van der Waals surface area contributed by atoms with Crippen molar-refractivity contribution < 1.29 is 13.2 Å². The zero-order chi connectivity index (χ0) is 14.9. The van der Waals surface area contributed by atoms with Crippen molar-refractivity contribution in [2.24, 2.45) is 23.2 Å². The van der Waals surface area contributed by atoms with Gasteiger partial charge in [-0.3, -0.25) is 4.79 Å². The normalized spacial score (nSPS) is 50.2. The van der Waals surface area contributed by atoms with Crippen LogP contribution in [-0.2, 0) is 14.6 Å². The van der Waals surface area contributed by atoms with Crippen LogP contribution in [0.3, 0.4) is 0 Å². The van der Waals surface area contributed by atoms with Gasteiger partial charge in [0.25, 0.3) is 0 Å². The molecule has 0 spiro atoms. The summed E-state index contributed by atoms with van der Waals surface area (Å²) < 4.78 is 23.4. The predicted octanol–water partition coefficient (Wildman–Crippen LogP) is 1.90. The number of rotatable bonds is 2. The Balaban J connectivity index is 1.53. The lowest BCUT2D eigenvalue weighted by molar-refractivity contribution is -0.147. The Bertz CT molecular complexity index is 547. The fourth-order valence-corrected chi connectivity index (χ4v) is 8.00. The second kappa shape index (κ2) is 4.24. The van der Waals surface area contributed by atoms with Crippen molar-refractivity contribution in [3.05, 3.63) is 0 Å². The van der Waals surface area contributed by atoms with Gasteiger partial charge in [-0.1, -0.05) is 0 Å². The number of sulfone groups is 1. The van der Waals surface area contributed by atoms with E-state index in [0.717, 1.165) is 37.0 Å². The van der Waals surface area contributed by atoms with Crippen LogP contribution < -0.4 is 5.32 Å². The van der Waals surface area contributed by atoms with Crippen LogP contribution in [0.1, 0.15) is 51.9 Å². The minimum absolute atomic E-state index is 0.109. The number of hydrogen-bond donors (Lipinski definition) is 1. The van der Waals surface area contributed by atoms with E-state index in [-0.39, 0.29) is 22.8 Å². The van der Waals surface area contributed by atoms with Gasteiger partial charge in [0.15, 0.2) is 9.84 Å². The van der Waals surface area contributed by atoms with Gasteiger partial charge in [0.05, 0.1) is 17.0 Å². The molecule has 5 rings (SSSR count). The smallest absolute Gasteiger partial charge is 0.226 e. The first kappa shape index (κ1) is 14.0. The van der Waals surface area contributed by atoms with Crippen LogP contribution >= 0.6 is 0 Å². The molecule has 4 aliphatic carbocycles. The average molecular weight is 311 g/mol. The molecule has 5 aliphatic rings. The first-order valence-corrected chi connectivity index (χ1v) is 10.1. The molecule has 0 aromatic rings. The number of carbonyl (C=O) groups excluding carboxylic acids is 1. The average Bonchev–Trinajstić information content (AvgIpc) is 2.61. The summed E-state index contributed by atoms with van der Waals surface area (Å²) in [4.78, 5) is 13.0. The standard InChI is InChI=1S/C16H25NO3S/c1-15(2-3-21(19,20)10-15)17-14(18)16-7-11-4-12(8-16)6-13(5-11)9-16/h11-13H,2-10H2,1H3,(H,17,18)/t11?,12?,13?,15-,16?/m0/s1. The zero-order valence-electron chi connectivity index (χ0n) is 12.7. The van der Waals surface area contributed by atoms with Gasteiger partial charge in [0.1, 0.15) is 0 Å². The Labute approximate surface area is 127 Å². The van der Waals surface area contributed by atoms with E-state index in [2.05, 4.69) is 5.32 Å². The molecule has 4 nitrogen and oxygen atoms in total. The van der Waals surface area contributed by atoms with Crippen molar-refractivity contribution in [3.63, 3.8) is 0 Å². The van der Waals surface area contributed by atoms with Gasteiger partial charge in [0, 0.05) is 5.41 Å². The summed E-state index contributed by atoms with van der Waals surface area (Å²) in [5, 5.41) is 3.15. The summed E-state index contributed by atoms with van der Waals surface area (Å²) >= 11 is 0. The Hall–Kier alpha value is -0.580. The van der Waals surface area contributed by atoms with E-state index in [9.17, 15) is 13.2 Å². The molecule has 1 atom stereocenters. The van der Waals surface area contributed by atoms with E-state index in [4.69, 9.17) is 0 Å². The summed E-state index contributed by atoms with van der Waals surface area (Å²) in [5.74, 6) is 2.69. The lowest BCUT2D eigenvalue weighted by atomic mass is 9.49. The molecule has 5 heteroatoms. The van der Waals surface area contributed by atoms with Crippen LogP contribution in [0, 0.1) is 23.2 Å². The van der Waals surface area contributed by atoms with E-state index in [1.165, 1.54) is 19.3 Å². The molecule has 0 radical (unpaired) electrons. The highest BCUT2D eigenvalue weighted by atomic mass is 32.2. The summed E-state index contributed by atoms with van der Waals surface area (Å²) in [6, 6.07) is 0. The van der Waals surface area contributed by atoms with Crippen molar-refractivity contribution in [2.45, 2.75) is 57.4 Å². The molecule has 1 saturated heterocycles. The maximum atomic E-state index is 13.0. The Morgan fingerprint density at radius 3 is 2.00 bits per heavy atom. The van der Waals surface area contributed by atoms with Gasteiger partial charge in [-0.2, -0.15) is 0 Å². The quantitative estimate of drug-likeness (QED) is 0.847. The van der Waals surface area contributed by atoms with Gasteiger partial charge in [-0.25, -0.2) is 8.42 Å². The topological polar surface area (TPSA) is 63.2 Å². The number of amides is 1. The van der Waals surface area contributed by atoms with Crippen LogP contribution in [0.5, 0.6) is 0 Å². The van der Waals surface area contributed by atoms with E-state index in [0.29, 0.717) is 6.42 Å². The van der Waals surface area contributed by atoms with Crippen LogP contribution in [0.25, 0.3) is 0 Å². The molecule has 21 heavy (non-hydrogen) atoms. The predicted molar refractivity (Wildman–Crippen MR) is 80.4 cm³/mol. The van der Waals surface area contributed by atoms with Crippen molar-refractivity contribution in [1.29, 1.82) is 0 Å². The summed E-state index contributed by atoms with van der Waals surface area (Å²) in [5.41, 5.74) is -0.719. The van der Waals surface area contributed by atoms with Gasteiger partial charge in [-0.15, -0.1) is 0 Å². The second-order valence-electron chi connectivity index (χ2n) is 8.55. The number of hydrogen-bond acceptors (Lipinski definition) is 3. The van der Waals surface area contributed by atoms with Crippen LogP contribution in [0.2, 0.25) is 0 Å². The molecule has 118 valence electrons. The SMILES string of the molecule is C[C@]1(NC(=O)C23CC4CC(CC(C4)C2)C3)CCS(=O)(=O)C1. The van der Waals surface area contributed by atoms with Gasteiger partial charge < -0.3 is 5.32 Å². The number of nitrogens with one attached hydrogen (secondary N) is 1. The summed E-state index contributed by atoms with van der Waals surface area (Å²) in [7, 11) is -2.97. The maximum absolute atomic E-state index is 13.0. The van der Waals surface area contributed by atoms with Crippen LogP contribution in [0.4, 0.5) is 0 Å². The van der Waals surface area contributed by atoms with E-state index >= 15 is 0 Å². The third-order valence-electron chi connectivity index (χ3n) is 6.44. The van der Waals surface area contributed by atoms with Crippen LogP contribution in [-0.4, -0.2) is 31.4 Å². The Kier molecular flexibility index (Phi) is 2.84. The molecule has 0 aromatic heterocycles. The van der Waals surface area contributed by atoms with Crippen LogP contribution in [0.15, 0.2) is 0 Å². The van der Waals surface area contributed by atoms with Crippen molar-refractivity contribution in [2.75, 3.05) is 11.5 Å². The summed E-state index contributed by atoms with van der Waals surface area (Å²) in [6.45, 7) is 1.90. The minimum atomic E-state index is -2.97. The monoisotopic (exact) mass is 311 g/mol. The molecule has 1 heterocycles. The molecule has 4 bridgehead atoms. The lowest BCUT2D eigenvalue weighted by Gasteiger charge is -2.56. The van der Waals surface area contributed by atoms with Crippen molar-refractivity contribution in [3.8, 4) is 0 Å². The highest BCUT2D eigenvalue weighted by Crippen LogP contribution is 2.60. The zero-order valence-corrected chi connectivity index (χ0v) is 13.5. The highest BCUT2D eigenvalue weighted by Gasteiger charge is 2.55. The van der Waals surface area contributed by atoms with Gasteiger partial charge in [0.2, 0.25) is 5.91 Å². The largest absolute Gasteiger partial charge is 0.349 e. The molecular weight excluding hydrogens is 286 g/mol. The Morgan fingerprint density at radius 1 is 1.05 bits per heavy atom. The first-order chi connectivity index (χ1) is 9.78. The maximum Gasteiger partial charge on any atom is 0.226 e. The molecule has 5 fully saturated rings. The molecule has 1 N–H and O–H groups in total. The van der Waals surface area contributed by atoms with Gasteiger partial charge >= 0.3 is 0 Å². The molecular formula is C16H25NO3S. The van der Waals surface area contributed by atoms with Crippen molar-refractivity contribution >= 4 is 15.7 Å². The summed E-state index contributed by atoms with van der Waals surface area (Å²) in [6.07, 6.45) is 7.62. The fraction of sp³-hybridized carbons (Fsp3) is 0.938. The minimum Gasteiger partial charge on any atom is -0.349 e. The van der Waals surface area contributed by atoms with Gasteiger partial charge in [-0.05, 0) is 69.6 Å². The third kappa shape index (κ3) is 2.32. The molecule has 0 aromatic carbocycles. The third-order valence-corrected chi connectivity index (χ3v) is 8.34. The molecule has 4 saturated carbocycles. The van der Waals surface area contributed by atoms with E-state index in [1.54, 1.807) is 0 Å². The molecule has 0 unspecified atom stereocenters. The van der Waals surface area contributed by atoms with E-state index in [1.807, 2.05) is 6.92 Å². The van der Waals surface area contributed by atoms with E-state index < -0.39 is 15.4 Å². The first-order valence-electron chi connectivity index (χ1n) is 8.31. The fourth-order valence-electron chi connectivity index (χ4n) is 5.90. The number of carbonyl (C=O) groups is 1. The molecule has 1 aliphatic heterocycles. The highest BCUT2D eigenvalue weighted by molar-refractivity contribution is 7.91. The Morgan fingerprint density at radius 2 is 1.57 bits per heavy atom. The lowest BCUT2D eigenvalue weighted by Crippen LogP contribution is -2.58. The second-order valence-corrected chi connectivity index (χ2v) is 10.7.